The van der Waals surface area contributed by atoms with E-state index in [0.717, 1.165) is 5.56 Å². The highest BCUT2D eigenvalue weighted by Crippen LogP contribution is 2.72. The van der Waals surface area contributed by atoms with Gasteiger partial charge in [0.15, 0.2) is 5.54 Å². The number of non-ortho nitro benzene ring substituents is 1. The Morgan fingerprint density at radius 2 is 1.88 bits per heavy atom. The van der Waals surface area contributed by atoms with E-state index in [-0.39, 0.29) is 35.9 Å². The average Bonchev–Trinajstić information content (AvgIpc) is 3.34. The fourth-order valence-electron chi connectivity index (χ4n) is 4.69. The van der Waals surface area contributed by atoms with Crippen LogP contribution in [0.15, 0.2) is 54.6 Å². The van der Waals surface area contributed by atoms with Gasteiger partial charge < -0.3 is 15.0 Å². The fraction of sp³-hybridized carbons (Fsp3) is 0.348. The Balaban J connectivity index is 1.22. The zero-order valence-corrected chi connectivity index (χ0v) is 18.5. The number of nitrogens with one attached hydrogen (secondary N) is 1. The molecular weight excluding hydrogens is 446 g/mol. The smallest absolute Gasteiger partial charge is 0.333 e. The van der Waals surface area contributed by atoms with Gasteiger partial charge in [0.2, 0.25) is 11.8 Å². The number of esters is 1. The number of nitro benzene ring substituents is 1. The van der Waals surface area contributed by atoms with Crippen LogP contribution in [0.5, 0.6) is 0 Å². The Bertz CT molecular complexity index is 1160. The SMILES string of the molecule is C[C@]12C[C@@]1(C(=O)OCc1ccc([N+](=O)[O-])cc1)N1C(=O)[C@@H](NC(=O)Cc3ccccc3)[C@H]1S2. The highest BCUT2D eigenvalue weighted by atomic mass is 32.2. The first-order chi connectivity index (χ1) is 15.7. The maximum absolute atomic E-state index is 13.0. The number of ether oxygens (including phenoxy) is 1. The van der Waals surface area contributed by atoms with E-state index in [1.165, 1.54) is 36.0 Å². The third kappa shape index (κ3) is 3.36. The van der Waals surface area contributed by atoms with Crippen LogP contribution in [-0.4, -0.2) is 49.3 Å². The zero-order valence-electron chi connectivity index (χ0n) is 17.7. The number of rotatable bonds is 7. The van der Waals surface area contributed by atoms with Gasteiger partial charge in [0, 0.05) is 18.6 Å². The molecule has 1 aliphatic carbocycles. The van der Waals surface area contributed by atoms with Gasteiger partial charge in [-0.1, -0.05) is 30.3 Å². The normalized spacial score (nSPS) is 28.9. The maximum atomic E-state index is 13.0. The lowest BCUT2D eigenvalue weighted by molar-refractivity contribution is -0.384. The minimum Gasteiger partial charge on any atom is -0.459 e. The van der Waals surface area contributed by atoms with Crippen molar-refractivity contribution in [3.05, 3.63) is 75.8 Å². The molecule has 2 heterocycles. The molecule has 10 heteroatoms. The van der Waals surface area contributed by atoms with Gasteiger partial charge in [-0.3, -0.25) is 19.7 Å². The number of β-lactam (4-membered cyclic amide) rings is 1. The molecule has 0 radical (unpaired) electrons. The van der Waals surface area contributed by atoms with Crippen molar-refractivity contribution in [2.45, 2.75) is 48.1 Å². The van der Waals surface area contributed by atoms with Crippen molar-refractivity contribution in [3.63, 3.8) is 0 Å². The first-order valence-electron chi connectivity index (χ1n) is 10.5. The molecule has 2 aromatic rings. The Labute approximate surface area is 193 Å². The molecule has 9 nitrogen and oxygen atoms in total. The summed E-state index contributed by atoms with van der Waals surface area (Å²) < 4.78 is 5.06. The summed E-state index contributed by atoms with van der Waals surface area (Å²) in [5.74, 6) is -0.997. The molecule has 3 fully saturated rings. The molecule has 3 aliphatic rings. The molecule has 170 valence electrons. The lowest BCUT2D eigenvalue weighted by Crippen LogP contribution is -2.72. The summed E-state index contributed by atoms with van der Waals surface area (Å²) in [5.41, 5.74) is 0.413. The molecule has 0 unspecified atom stereocenters. The van der Waals surface area contributed by atoms with Gasteiger partial charge >= 0.3 is 5.97 Å². The van der Waals surface area contributed by atoms with Crippen LogP contribution in [0.25, 0.3) is 0 Å². The molecule has 1 N–H and O–H groups in total. The van der Waals surface area contributed by atoms with Crippen molar-refractivity contribution in [1.29, 1.82) is 0 Å². The number of carbonyl (C=O) groups is 3. The average molecular weight is 468 g/mol. The molecule has 5 rings (SSSR count). The third-order valence-electron chi connectivity index (χ3n) is 6.56. The first kappa shape index (κ1) is 21.4. The summed E-state index contributed by atoms with van der Waals surface area (Å²) in [7, 11) is 0. The largest absolute Gasteiger partial charge is 0.459 e. The molecule has 2 amide bonds. The minimum absolute atomic E-state index is 0.0384. The van der Waals surface area contributed by atoms with E-state index in [0.29, 0.717) is 12.0 Å². The van der Waals surface area contributed by atoms with Crippen molar-refractivity contribution >= 4 is 35.2 Å². The minimum atomic E-state index is -1.03. The number of fused-ring (bicyclic) bond motifs is 3. The highest BCUT2D eigenvalue weighted by molar-refractivity contribution is 8.02. The molecule has 0 bridgehead atoms. The number of nitrogens with zero attached hydrogens (tertiary/aromatic N) is 2. The lowest BCUT2D eigenvalue weighted by atomic mass is 10.00. The van der Waals surface area contributed by atoms with Crippen molar-refractivity contribution < 1.29 is 24.0 Å². The van der Waals surface area contributed by atoms with Gasteiger partial charge in [-0.25, -0.2) is 4.79 Å². The van der Waals surface area contributed by atoms with E-state index in [2.05, 4.69) is 5.32 Å². The van der Waals surface area contributed by atoms with Crippen LogP contribution in [0, 0.1) is 10.1 Å². The van der Waals surface area contributed by atoms with E-state index in [4.69, 9.17) is 4.74 Å². The molecule has 1 saturated carbocycles. The van der Waals surface area contributed by atoms with Gasteiger partial charge in [0.05, 0.1) is 16.1 Å². The highest BCUT2D eigenvalue weighted by Gasteiger charge is 2.85. The van der Waals surface area contributed by atoms with E-state index < -0.39 is 27.2 Å². The monoisotopic (exact) mass is 467 g/mol. The van der Waals surface area contributed by atoms with Crippen molar-refractivity contribution in [2.75, 3.05) is 0 Å². The van der Waals surface area contributed by atoms with E-state index in [1.807, 2.05) is 37.3 Å². The van der Waals surface area contributed by atoms with E-state index >= 15 is 0 Å². The number of benzene rings is 2. The van der Waals surface area contributed by atoms with Crippen LogP contribution >= 0.6 is 11.8 Å². The van der Waals surface area contributed by atoms with Crippen LogP contribution in [-0.2, 0) is 32.1 Å². The van der Waals surface area contributed by atoms with Crippen LogP contribution in [0.4, 0.5) is 5.69 Å². The van der Waals surface area contributed by atoms with Gasteiger partial charge in [-0.15, -0.1) is 11.8 Å². The topological polar surface area (TPSA) is 119 Å². The Morgan fingerprint density at radius 1 is 1.18 bits per heavy atom. The summed E-state index contributed by atoms with van der Waals surface area (Å²) >= 11 is 1.52. The Kier molecular flexibility index (Phi) is 4.93. The molecule has 2 aromatic carbocycles. The second kappa shape index (κ2) is 7.58. The summed E-state index contributed by atoms with van der Waals surface area (Å²) in [4.78, 5) is 50.2. The Morgan fingerprint density at radius 3 is 2.55 bits per heavy atom. The second-order valence-electron chi connectivity index (χ2n) is 8.69. The molecule has 0 spiro atoms. The van der Waals surface area contributed by atoms with Gasteiger partial charge in [0.25, 0.3) is 5.69 Å². The van der Waals surface area contributed by atoms with Crippen molar-refractivity contribution in [1.82, 2.24) is 10.2 Å². The molecule has 33 heavy (non-hydrogen) atoms. The second-order valence-corrected chi connectivity index (χ2v) is 10.3. The van der Waals surface area contributed by atoms with Crippen LogP contribution in [0.1, 0.15) is 24.5 Å². The molecule has 2 aliphatic heterocycles. The quantitative estimate of drug-likeness (QED) is 0.287. The molecular formula is C23H21N3O6S. The molecule has 2 saturated heterocycles. The molecule has 0 aromatic heterocycles. The van der Waals surface area contributed by atoms with Crippen molar-refractivity contribution in [3.8, 4) is 0 Å². The zero-order chi connectivity index (χ0) is 23.4. The summed E-state index contributed by atoms with van der Waals surface area (Å²) in [6.45, 7) is 1.89. The predicted octanol–water partition coefficient (Wildman–Crippen LogP) is 2.18. The fourth-order valence-corrected chi connectivity index (χ4v) is 6.60. The Hall–Kier alpha value is -3.40. The summed E-state index contributed by atoms with van der Waals surface area (Å²) in [6, 6.07) is 14.4. The van der Waals surface area contributed by atoms with Crippen LogP contribution in [0.2, 0.25) is 0 Å². The van der Waals surface area contributed by atoms with Gasteiger partial charge in [-0.2, -0.15) is 0 Å². The van der Waals surface area contributed by atoms with E-state index in [9.17, 15) is 24.5 Å². The number of carbonyl (C=O) groups excluding carboxylic acids is 3. The van der Waals surface area contributed by atoms with Gasteiger partial charge in [0.1, 0.15) is 18.0 Å². The van der Waals surface area contributed by atoms with Crippen LogP contribution < -0.4 is 5.32 Å². The molecule has 4 atom stereocenters. The standard InChI is InChI=1S/C23H21N3O6S/c1-22-13-23(22,21(29)32-12-15-7-9-16(10-8-15)26(30)31)25-19(28)18(20(25)33-22)24-17(27)11-14-5-3-2-4-6-14/h2-10,18,20H,11-13H2,1H3,(H,24,27)/t18-,20-,22+,23+/m1/s1. The van der Waals surface area contributed by atoms with Crippen molar-refractivity contribution in [2.24, 2.45) is 0 Å². The number of amides is 2. The summed E-state index contributed by atoms with van der Waals surface area (Å²) in [5, 5.41) is 13.3. The number of thioether (sulfide) groups is 1. The number of hydrogen-bond acceptors (Lipinski definition) is 7. The lowest BCUT2D eigenvalue weighted by Gasteiger charge is -2.46. The number of nitro groups is 1. The number of hydrogen-bond donors (Lipinski definition) is 1. The summed E-state index contributed by atoms with van der Waals surface area (Å²) in [6.07, 6.45) is 0.679. The predicted molar refractivity (Wildman–Crippen MR) is 119 cm³/mol. The maximum Gasteiger partial charge on any atom is 0.333 e. The van der Waals surface area contributed by atoms with Gasteiger partial charge in [-0.05, 0) is 30.2 Å². The van der Waals surface area contributed by atoms with Crippen LogP contribution in [0.3, 0.4) is 0 Å². The van der Waals surface area contributed by atoms with E-state index in [1.54, 1.807) is 4.90 Å². The third-order valence-corrected chi connectivity index (χ3v) is 8.28. The first-order valence-corrected chi connectivity index (χ1v) is 11.4.